The number of fused-ring (bicyclic) bond motifs is 5. The van der Waals surface area contributed by atoms with E-state index in [-0.39, 0.29) is 31.7 Å². The second kappa shape index (κ2) is 8.86. The van der Waals surface area contributed by atoms with Crippen molar-refractivity contribution in [1.29, 1.82) is 0 Å². The number of rotatable bonds is 0. The van der Waals surface area contributed by atoms with Gasteiger partial charge in [-0.25, -0.2) is 13.6 Å². The van der Waals surface area contributed by atoms with Crippen LogP contribution in [0.1, 0.15) is 24.8 Å². The number of aliphatic imine (C=N–C) groups is 1. The highest BCUT2D eigenvalue weighted by Gasteiger charge is 2.45. The van der Waals surface area contributed by atoms with Gasteiger partial charge in [0.1, 0.15) is 24.0 Å². The Kier molecular flexibility index (Phi) is 6.85. The van der Waals surface area contributed by atoms with Crippen LogP contribution in [0.5, 0.6) is 0 Å². The minimum atomic E-state index is -5.17. The van der Waals surface area contributed by atoms with Crippen LogP contribution >= 0.6 is 15.6 Å². The van der Waals surface area contributed by atoms with E-state index in [9.17, 15) is 34.2 Å². The fraction of sp³-hybridized carbons (Fsp3) is 0.750. The summed E-state index contributed by atoms with van der Waals surface area (Å²) >= 11 is 0. The Balaban J connectivity index is 1.82. The predicted octanol–water partition coefficient (Wildman–Crippen LogP) is -2.58. The van der Waals surface area contributed by atoms with Crippen LogP contribution in [0.3, 0.4) is 0 Å². The SMILES string of the molecule is O=P1([O-])OCCCCN=C([O-])c2cn(nn2)[C@@H]2O[C@H](COP(=O)(O)O1)[C@@H](O)[C@H]2O. The second-order valence-corrected chi connectivity index (χ2v) is 9.15. The topological polar surface area (TPSA) is 221 Å². The molecule has 2 aliphatic heterocycles. The summed E-state index contributed by atoms with van der Waals surface area (Å²) in [5.41, 5.74) is -0.135. The molecule has 2 unspecified atom stereocenters. The smallest absolute Gasteiger partial charge is 0.478 e. The lowest BCUT2D eigenvalue weighted by atomic mass is 10.1. The van der Waals surface area contributed by atoms with E-state index >= 15 is 0 Å². The molecule has 15 nitrogen and oxygen atoms in total. The Bertz CT molecular complexity index is 848. The molecule has 4 bridgehead atoms. The summed E-state index contributed by atoms with van der Waals surface area (Å²) in [5.74, 6) is -0.690. The first-order valence-electron chi connectivity index (χ1n) is 8.37. The van der Waals surface area contributed by atoms with Gasteiger partial charge in [0.2, 0.25) is 0 Å². The third kappa shape index (κ3) is 5.67. The first-order chi connectivity index (χ1) is 13.6. The summed E-state index contributed by atoms with van der Waals surface area (Å²) in [7, 11) is -10.3. The first kappa shape index (κ1) is 22.4. The molecule has 2 aliphatic rings. The summed E-state index contributed by atoms with van der Waals surface area (Å²) < 4.78 is 42.8. The molecule has 164 valence electrons. The van der Waals surface area contributed by atoms with E-state index < -0.39 is 52.7 Å². The lowest BCUT2D eigenvalue weighted by molar-refractivity contribution is -0.218. The zero-order valence-electron chi connectivity index (χ0n) is 14.7. The van der Waals surface area contributed by atoms with Crippen molar-refractivity contribution < 1.29 is 52.3 Å². The van der Waals surface area contributed by atoms with E-state index in [1.165, 1.54) is 0 Å². The van der Waals surface area contributed by atoms with E-state index in [1.54, 1.807) is 0 Å². The van der Waals surface area contributed by atoms with E-state index in [1.807, 2.05) is 0 Å². The highest BCUT2D eigenvalue weighted by molar-refractivity contribution is 7.60. The molecule has 3 N–H and O–H groups in total. The molecule has 3 heterocycles. The molecular weight excluding hydrogens is 438 g/mol. The Morgan fingerprint density at radius 1 is 1.21 bits per heavy atom. The van der Waals surface area contributed by atoms with Gasteiger partial charge in [0.25, 0.3) is 7.82 Å². The molecule has 0 aliphatic carbocycles. The number of aliphatic hydroxyl groups is 2. The summed E-state index contributed by atoms with van der Waals surface area (Å²) in [4.78, 5) is 24.9. The van der Waals surface area contributed by atoms with Gasteiger partial charge in [0.15, 0.2) is 6.23 Å². The monoisotopic (exact) mass is 456 g/mol. The van der Waals surface area contributed by atoms with Crippen LogP contribution < -0.4 is 10.00 Å². The van der Waals surface area contributed by atoms with Crippen molar-refractivity contribution in [1.82, 2.24) is 15.0 Å². The van der Waals surface area contributed by atoms with Crippen LogP contribution in [0.25, 0.3) is 0 Å². The van der Waals surface area contributed by atoms with E-state index in [0.29, 0.717) is 0 Å². The third-order valence-corrected chi connectivity index (χ3v) is 6.59. The molecule has 0 radical (unpaired) electrons. The molecule has 1 aromatic heterocycles. The minimum Gasteiger partial charge on any atom is -0.857 e. The fourth-order valence-electron chi connectivity index (χ4n) is 2.58. The number of aliphatic hydroxyl groups excluding tert-OH is 2. The first-order valence-corrected chi connectivity index (χ1v) is 11.3. The van der Waals surface area contributed by atoms with Gasteiger partial charge in [0, 0.05) is 12.4 Å². The van der Waals surface area contributed by atoms with Crippen LogP contribution in [0.4, 0.5) is 0 Å². The lowest BCUT2D eigenvalue weighted by Crippen LogP contribution is -2.33. The van der Waals surface area contributed by atoms with Crippen molar-refractivity contribution in [2.24, 2.45) is 4.99 Å². The van der Waals surface area contributed by atoms with Crippen molar-refractivity contribution >= 4 is 21.5 Å². The van der Waals surface area contributed by atoms with Gasteiger partial charge in [-0.3, -0.25) is 14.1 Å². The van der Waals surface area contributed by atoms with Crippen LogP contribution in [-0.2, 0) is 27.2 Å². The fourth-order valence-corrected chi connectivity index (χ4v) is 4.65. The molecule has 29 heavy (non-hydrogen) atoms. The van der Waals surface area contributed by atoms with Gasteiger partial charge in [0.05, 0.1) is 19.4 Å². The van der Waals surface area contributed by atoms with Gasteiger partial charge < -0.3 is 34.4 Å². The van der Waals surface area contributed by atoms with E-state index in [2.05, 4.69) is 28.7 Å². The number of phosphoric acid groups is 2. The van der Waals surface area contributed by atoms with Crippen molar-refractivity contribution in [3.05, 3.63) is 11.9 Å². The highest BCUT2D eigenvalue weighted by Crippen LogP contribution is 2.58. The Morgan fingerprint density at radius 2 is 1.97 bits per heavy atom. The number of hydrogen-bond acceptors (Lipinski definition) is 13. The largest absolute Gasteiger partial charge is 0.857 e. The Morgan fingerprint density at radius 3 is 2.72 bits per heavy atom. The van der Waals surface area contributed by atoms with Crippen LogP contribution in [0.2, 0.25) is 0 Å². The maximum atomic E-state index is 12.0. The molecule has 1 aromatic rings. The zero-order valence-corrected chi connectivity index (χ0v) is 16.5. The molecule has 0 saturated carbocycles. The number of phosphoric ester groups is 2. The highest BCUT2D eigenvalue weighted by atomic mass is 31.3. The standard InChI is InChI=1S/C12H20N4O11P2/c17-9-8-6-25-29(22,23)27-28(20,21)24-4-2-1-3-13-11(19)7-5-16(15-14-7)12(26-8)10(9)18/h5,8-10,12,17-18H,1-4,6H2,(H,13,19)(H,20,21)(H,22,23)/p-2/t8-,9-,10-,12-/m1/s1. The Labute approximate surface area is 163 Å². The molecule has 6 atom stereocenters. The Hall–Kier alpha value is -1.25. The maximum Gasteiger partial charge on any atom is 0.478 e. The summed E-state index contributed by atoms with van der Waals surface area (Å²) in [6.45, 7) is -1.15. The summed E-state index contributed by atoms with van der Waals surface area (Å²) in [5, 5.41) is 39.5. The van der Waals surface area contributed by atoms with E-state index in [4.69, 9.17) is 4.74 Å². The molecule has 1 saturated heterocycles. The number of hydrogen-bond donors (Lipinski definition) is 3. The normalized spacial score (nSPS) is 40.1. The molecule has 0 amide bonds. The van der Waals surface area contributed by atoms with Crippen molar-refractivity contribution in [3.63, 3.8) is 0 Å². The third-order valence-electron chi connectivity index (χ3n) is 3.99. The minimum absolute atomic E-state index is 0.0318. The van der Waals surface area contributed by atoms with Crippen molar-refractivity contribution in [2.75, 3.05) is 19.8 Å². The number of nitrogens with zero attached hydrogens (tertiary/aromatic N) is 4. The summed E-state index contributed by atoms with van der Waals surface area (Å²) in [6, 6.07) is 0. The molecule has 17 heteroatoms. The van der Waals surface area contributed by atoms with Crippen LogP contribution in [-0.4, -0.2) is 74.1 Å². The average Bonchev–Trinajstić information content (AvgIpc) is 3.21. The van der Waals surface area contributed by atoms with Crippen molar-refractivity contribution in [2.45, 2.75) is 37.4 Å². The number of aromatic nitrogens is 3. The van der Waals surface area contributed by atoms with Gasteiger partial charge in [-0.15, -0.1) is 5.10 Å². The molecule has 3 rings (SSSR count). The lowest BCUT2D eigenvalue weighted by Gasteiger charge is -2.25. The average molecular weight is 456 g/mol. The predicted molar refractivity (Wildman–Crippen MR) is 87.0 cm³/mol. The number of ether oxygens (including phenoxy) is 1. The van der Waals surface area contributed by atoms with Crippen molar-refractivity contribution in [3.8, 4) is 0 Å². The molecule has 0 aromatic carbocycles. The summed E-state index contributed by atoms with van der Waals surface area (Å²) in [6.07, 6.45) is -4.20. The zero-order chi connectivity index (χ0) is 21.2. The molecule has 1 fully saturated rings. The second-order valence-electron chi connectivity index (χ2n) is 6.15. The van der Waals surface area contributed by atoms with Gasteiger partial charge >= 0.3 is 7.82 Å². The van der Waals surface area contributed by atoms with Gasteiger partial charge in [-0.1, -0.05) is 5.21 Å². The molecular formula is C12H18N4O11P2-2. The van der Waals surface area contributed by atoms with Crippen LogP contribution in [0.15, 0.2) is 11.2 Å². The molecule has 0 spiro atoms. The van der Waals surface area contributed by atoms with E-state index in [0.717, 1.165) is 10.9 Å². The quantitative estimate of drug-likeness (QED) is 0.342. The maximum absolute atomic E-state index is 12.0. The van der Waals surface area contributed by atoms with Gasteiger partial charge in [-0.05, 0) is 12.8 Å². The van der Waals surface area contributed by atoms with Crippen LogP contribution in [0, 0.1) is 0 Å². The van der Waals surface area contributed by atoms with Gasteiger partial charge in [-0.2, -0.15) is 0 Å².